The van der Waals surface area contributed by atoms with Crippen LogP contribution in [0, 0.1) is 5.92 Å². The molecule has 0 unspecified atom stereocenters. The van der Waals surface area contributed by atoms with Crippen LogP contribution in [0.5, 0.6) is 11.5 Å². The zero-order valence-corrected chi connectivity index (χ0v) is 22.5. The molecule has 3 atom stereocenters. The number of hydrogen-bond acceptors (Lipinski definition) is 4. The van der Waals surface area contributed by atoms with Gasteiger partial charge < -0.3 is 19.6 Å². The molecule has 3 aromatic rings. The summed E-state index contributed by atoms with van der Waals surface area (Å²) in [4.78, 5) is 19.1. The van der Waals surface area contributed by atoms with E-state index in [0.717, 1.165) is 67.0 Å². The van der Waals surface area contributed by atoms with E-state index in [0.29, 0.717) is 13.0 Å². The van der Waals surface area contributed by atoms with E-state index in [1.807, 2.05) is 48.5 Å². The number of rotatable bonds is 5. The molecule has 3 aromatic carbocycles. The highest BCUT2D eigenvalue weighted by Crippen LogP contribution is 2.52. The number of carbonyl (C=O) groups is 1. The largest absolute Gasteiger partial charge is 0.457 e. The van der Waals surface area contributed by atoms with Gasteiger partial charge in [-0.05, 0) is 62.9 Å². The third-order valence-electron chi connectivity index (χ3n) is 9.14. The summed E-state index contributed by atoms with van der Waals surface area (Å²) < 4.78 is 6.20. The average Bonchev–Trinajstić information content (AvgIpc) is 2.95. The topological polar surface area (TPSA) is 53.0 Å². The van der Waals surface area contributed by atoms with Crippen LogP contribution in [0.15, 0.2) is 72.8 Å². The highest BCUT2D eigenvalue weighted by Gasteiger charge is 2.51. The lowest BCUT2D eigenvalue weighted by molar-refractivity contribution is -0.156. The molecule has 3 aliphatic rings. The summed E-state index contributed by atoms with van der Waals surface area (Å²) in [7, 11) is 0. The van der Waals surface area contributed by atoms with Crippen LogP contribution >= 0.6 is 0 Å². The van der Waals surface area contributed by atoms with Gasteiger partial charge in [-0.25, -0.2) is 0 Å². The van der Waals surface area contributed by atoms with Crippen LogP contribution in [0.2, 0.25) is 0 Å². The Balaban J connectivity index is 1.42. The summed E-state index contributed by atoms with van der Waals surface area (Å²) in [6.45, 7) is 6.80. The normalized spacial score (nSPS) is 24.6. The highest BCUT2D eigenvalue weighted by atomic mass is 16.5. The molecule has 2 aliphatic heterocycles. The summed E-state index contributed by atoms with van der Waals surface area (Å²) in [5.41, 5.74) is 3.42. The Bertz CT molecular complexity index is 1260. The number of nitrogens with zero attached hydrogens (tertiary/aromatic N) is 2. The standard InChI is InChI=1S/C33H38N2O3/c1-3-34(4-2)24-18-16-23(17-19-24)31-27-13-9-10-20-33(27,37)21-22-35(31)32(36)30-25-11-5-7-14-28(25)38-29-15-8-6-12-26(29)30/h5-8,11-12,14-19,27,30-31,37H,3-4,9-10,13,20-22H2,1-2H3/t27-,31+,33-/m1/s1. The van der Waals surface area contributed by atoms with Crippen molar-refractivity contribution in [1.29, 1.82) is 0 Å². The Morgan fingerprint density at radius 3 is 2.18 bits per heavy atom. The number of anilines is 1. The molecule has 5 nitrogen and oxygen atoms in total. The number of benzene rings is 3. The maximum atomic E-state index is 14.7. The van der Waals surface area contributed by atoms with Crippen molar-refractivity contribution in [2.24, 2.45) is 5.92 Å². The number of likely N-dealkylation sites (tertiary alicyclic amines) is 1. The van der Waals surface area contributed by atoms with Crippen molar-refractivity contribution in [3.05, 3.63) is 89.5 Å². The summed E-state index contributed by atoms with van der Waals surface area (Å²) in [5.74, 6) is 1.19. The van der Waals surface area contributed by atoms with E-state index in [1.165, 1.54) is 5.69 Å². The van der Waals surface area contributed by atoms with Crippen molar-refractivity contribution >= 4 is 11.6 Å². The fraction of sp³-hybridized carbons (Fsp3) is 0.424. The van der Waals surface area contributed by atoms with Gasteiger partial charge >= 0.3 is 0 Å². The molecule has 1 amide bonds. The molecule has 2 fully saturated rings. The van der Waals surface area contributed by atoms with Gasteiger partial charge in [0.25, 0.3) is 0 Å². The predicted octanol–water partition coefficient (Wildman–Crippen LogP) is 6.67. The van der Waals surface area contributed by atoms with Crippen LogP contribution < -0.4 is 9.64 Å². The van der Waals surface area contributed by atoms with Crippen LogP contribution in [-0.2, 0) is 4.79 Å². The van der Waals surface area contributed by atoms with E-state index >= 15 is 0 Å². The first-order chi connectivity index (χ1) is 18.5. The zero-order chi connectivity index (χ0) is 26.3. The number of carbonyl (C=O) groups excluding carboxylic acids is 1. The molecule has 1 aliphatic carbocycles. The van der Waals surface area contributed by atoms with Gasteiger partial charge in [0, 0.05) is 42.4 Å². The molecule has 1 saturated heterocycles. The minimum atomic E-state index is -0.720. The molecule has 2 heterocycles. The summed E-state index contributed by atoms with van der Waals surface area (Å²) >= 11 is 0. The second-order valence-electron chi connectivity index (χ2n) is 11.1. The SMILES string of the molecule is CCN(CC)c1ccc([C@H]2[C@H]3CCCC[C@@]3(O)CCN2C(=O)C2c3ccccc3Oc3ccccc32)cc1. The number of ether oxygens (including phenoxy) is 1. The van der Waals surface area contributed by atoms with Crippen molar-refractivity contribution in [3.8, 4) is 11.5 Å². The van der Waals surface area contributed by atoms with Crippen molar-refractivity contribution in [2.75, 3.05) is 24.5 Å². The lowest BCUT2D eigenvalue weighted by Crippen LogP contribution is -2.57. The smallest absolute Gasteiger partial charge is 0.235 e. The molecular weight excluding hydrogens is 472 g/mol. The maximum Gasteiger partial charge on any atom is 0.235 e. The molecule has 0 aromatic heterocycles. The second kappa shape index (κ2) is 10.1. The molecule has 1 saturated carbocycles. The Labute approximate surface area is 226 Å². The van der Waals surface area contributed by atoms with E-state index in [4.69, 9.17) is 4.74 Å². The fourth-order valence-corrected chi connectivity index (χ4v) is 7.15. The molecule has 0 bridgehead atoms. The van der Waals surface area contributed by atoms with Gasteiger partial charge in [0.05, 0.1) is 17.6 Å². The molecule has 0 radical (unpaired) electrons. The molecule has 0 spiro atoms. The molecule has 6 rings (SSSR count). The number of aliphatic hydroxyl groups is 1. The van der Waals surface area contributed by atoms with Gasteiger partial charge in [-0.2, -0.15) is 0 Å². The van der Waals surface area contributed by atoms with Crippen molar-refractivity contribution in [1.82, 2.24) is 4.90 Å². The summed E-state index contributed by atoms with van der Waals surface area (Å²) in [6.07, 6.45) is 4.52. The Morgan fingerprint density at radius 2 is 1.55 bits per heavy atom. The van der Waals surface area contributed by atoms with E-state index in [-0.39, 0.29) is 17.9 Å². The average molecular weight is 511 g/mol. The number of para-hydroxylation sites is 2. The minimum Gasteiger partial charge on any atom is -0.457 e. The van der Waals surface area contributed by atoms with Crippen LogP contribution in [0.3, 0.4) is 0 Å². The predicted molar refractivity (Wildman–Crippen MR) is 151 cm³/mol. The molecular formula is C33H38N2O3. The van der Waals surface area contributed by atoms with Gasteiger partial charge in [0.15, 0.2) is 0 Å². The van der Waals surface area contributed by atoms with E-state index in [1.54, 1.807) is 0 Å². The highest BCUT2D eigenvalue weighted by molar-refractivity contribution is 5.90. The van der Waals surface area contributed by atoms with E-state index in [2.05, 4.69) is 47.9 Å². The van der Waals surface area contributed by atoms with Crippen molar-refractivity contribution in [3.63, 3.8) is 0 Å². The van der Waals surface area contributed by atoms with Gasteiger partial charge in [-0.15, -0.1) is 0 Å². The van der Waals surface area contributed by atoms with Gasteiger partial charge in [-0.1, -0.05) is 61.4 Å². The molecule has 1 N–H and O–H groups in total. The Hall–Kier alpha value is -3.31. The first-order valence-corrected chi connectivity index (χ1v) is 14.3. The van der Waals surface area contributed by atoms with Crippen LogP contribution in [0.25, 0.3) is 0 Å². The van der Waals surface area contributed by atoms with Crippen molar-refractivity contribution in [2.45, 2.75) is 63.5 Å². The Morgan fingerprint density at radius 1 is 0.921 bits per heavy atom. The van der Waals surface area contributed by atoms with Crippen LogP contribution in [0.1, 0.15) is 74.6 Å². The lowest BCUT2D eigenvalue weighted by atomic mass is 9.65. The first-order valence-electron chi connectivity index (χ1n) is 14.3. The third-order valence-corrected chi connectivity index (χ3v) is 9.14. The van der Waals surface area contributed by atoms with Crippen LogP contribution in [0.4, 0.5) is 5.69 Å². The minimum absolute atomic E-state index is 0.0265. The lowest BCUT2D eigenvalue weighted by Gasteiger charge is -2.53. The monoisotopic (exact) mass is 510 g/mol. The zero-order valence-electron chi connectivity index (χ0n) is 22.5. The Kier molecular flexibility index (Phi) is 6.65. The summed E-state index contributed by atoms with van der Waals surface area (Å²) in [6, 6.07) is 24.4. The first kappa shape index (κ1) is 25.0. The summed E-state index contributed by atoms with van der Waals surface area (Å²) in [5, 5.41) is 11.8. The fourth-order valence-electron chi connectivity index (χ4n) is 7.15. The molecule has 38 heavy (non-hydrogen) atoms. The number of piperidine rings is 1. The van der Waals surface area contributed by atoms with Crippen LogP contribution in [-0.4, -0.2) is 41.1 Å². The number of hydrogen-bond donors (Lipinski definition) is 1. The van der Waals surface area contributed by atoms with Gasteiger partial charge in [0.1, 0.15) is 11.5 Å². The number of fused-ring (bicyclic) bond motifs is 3. The van der Waals surface area contributed by atoms with Crippen molar-refractivity contribution < 1.29 is 14.6 Å². The number of amides is 1. The second-order valence-corrected chi connectivity index (χ2v) is 11.1. The third kappa shape index (κ3) is 4.17. The van der Waals surface area contributed by atoms with Gasteiger partial charge in [-0.3, -0.25) is 4.79 Å². The van der Waals surface area contributed by atoms with E-state index in [9.17, 15) is 9.90 Å². The maximum absolute atomic E-state index is 14.7. The van der Waals surface area contributed by atoms with E-state index < -0.39 is 11.5 Å². The quantitative estimate of drug-likeness (QED) is 0.417. The molecule has 5 heteroatoms. The molecule has 198 valence electrons. The van der Waals surface area contributed by atoms with Gasteiger partial charge in [0.2, 0.25) is 5.91 Å².